The third kappa shape index (κ3) is 1.41. The summed E-state index contributed by atoms with van der Waals surface area (Å²) >= 11 is 0. The van der Waals surface area contributed by atoms with Crippen LogP contribution < -0.4 is 15.8 Å². The van der Waals surface area contributed by atoms with E-state index in [4.69, 9.17) is 10.5 Å². The molecule has 0 atom stereocenters. The molecule has 0 fully saturated rings. The van der Waals surface area contributed by atoms with Crippen molar-refractivity contribution < 1.29 is 4.74 Å². The predicted molar refractivity (Wildman–Crippen MR) is 54.1 cm³/mol. The number of hydrogen-bond donors (Lipinski definition) is 2. The Balaban J connectivity index is 2.42. The Morgan fingerprint density at radius 1 is 1.46 bits per heavy atom. The number of nitrogens with one attached hydrogen (secondary N) is 1. The van der Waals surface area contributed by atoms with Crippen molar-refractivity contribution in [2.75, 3.05) is 17.6 Å². The van der Waals surface area contributed by atoms with Crippen LogP contribution in [0.2, 0.25) is 0 Å². The second-order valence-electron chi connectivity index (χ2n) is 3.94. The summed E-state index contributed by atoms with van der Waals surface area (Å²) in [6.45, 7) is 4.88. The van der Waals surface area contributed by atoms with Gasteiger partial charge in [-0.25, -0.2) is 0 Å². The first-order chi connectivity index (χ1) is 6.08. The van der Waals surface area contributed by atoms with Gasteiger partial charge in [-0.05, 0) is 26.0 Å². The standard InChI is InChI=1S/C10H14N2O/c1-10(2)6-12-9-7(11)4-3-5-8(9)13-10/h3-5,12H,6,11H2,1-2H3. The van der Waals surface area contributed by atoms with Crippen LogP contribution in [0.4, 0.5) is 11.4 Å². The smallest absolute Gasteiger partial charge is 0.145 e. The van der Waals surface area contributed by atoms with E-state index >= 15 is 0 Å². The molecule has 70 valence electrons. The highest BCUT2D eigenvalue weighted by Crippen LogP contribution is 2.36. The molecule has 0 aromatic heterocycles. The normalized spacial score (nSPS) is 18.3. The number of anilines is 2. The second kappa shape index (κ2) is 2.55. The van der Waals surface area contributed by atoms with E-state index < -0.39 is 0 Å². The molecule has 1 aromatic rings. The van der Waals surface area contributed by atoms with Crippen LogP contribution in [0.5, 0.6) is 5.75 Å². The Morgan fingerprint density at radius 2 is 2.23 bits per heavy atom. The molecular formula is C10H14N2O. The first-order valence-corrected chi connectivity index (χ1v) is 4.40. The highest BCUT2D eigenvalue weighted by atomic mass is 16.5. The van der Waals surface area contributed by atoms with Gasteiger partial charge in [-0.2, -0.15) is 0 Å². The zero-order valence-electron chi connectivity index (χ0n) is 7.92. The van der Waals surface area contributed by atoms with E-state index in [1.54, 1.807) is 0 Å². The molecule has 0 aliphatic carbocycles. The Morgan fingerprint density at radius 3 is 3.00 bits per heavy atom. The van der Waals surface area contributed by atoms with Gasteiger partial charge in [0.15, 0.2) is 0 Å². The van der Waals surface area contributed by atoms with Crippen molar-refractivity contribution in [2.45, 2.75) is 19.4 Å². The fourth-order valence-corrected chi connectivity index (χ4v) is 1.46. The molecule has 3 N–H and O–H groups in total. The van der Waals surface area contributed by atoms with Crippen LogP contribution in [0.1, 0.15) is 13.8 Å². The summed E-state index contributed by atoms with van der Waals surface area (Å²) in [5, 5.41) is 3.27. The van der Waals surface area contributed by atoms with Crippen LogP contribution in [-0.2, 0) is 0 Å². The van der Waals surface area contributed by atoms with Gasteiger partial charge in [-0.15, -0.1) is 0 Å². The maximum Gasteiger partial charge on any atom is 0.145 e. The van der Waals surface area contributed by atoms with Crippen molar-refractivity contribution in [3.05, 3.63) is 18.2 Å². The summed E-state index contributed by atoms with van der Waals surface area (Å²) in [6.07, 6.45) is 0. The van der Waals surface area contributed by atoms with E-state index in [1.165, 1.54) is 0 Å². The summed E-state index contributed by atoms with van der Waals surface area (Å²) in [5.74, 6) is 0.844. The lowest BCUT2D eigenvalue weighted by Gasteiger charge is -2.33. The fraction of sp³-hybridized carbons (Fsp3) is 0.400. The molecule has 0 saturated carbocycles. The molecule has 0 spiro atoms. The average molecular weight is 178 g/mol. The second-order valence-corrected chi connectivity index (χ2v) is 3.94. The van der Waals surface area contributed by atoms with Crippen LogP contribution in [0.15, 0.2) is 18.2 Å². The van der Waals surface area contributed by atoms with Gasteiger partial charge in [0, 0.05) is 0 Å². The van der Waals surface area contributed by atoms with E-state index in [1.807, 2.05) is 32.0 Å². The first kappa shape index (κ1) is 8.23. The van der Waals surface area contributed by atoms with Gasteiger partial charge in [-0.1, -0.05) is 6.07 Å². The number of para-hydroxylation sites is 1. The molecule has 2 rings (SSSR count). The number of hydrogen-bond acceptors (Lipinski definition) is 3. The van der Waals surface area contributed by atoms with Gasteiger partial charge in [-0.3, -0.25) is 0 Å². The molecule has 1 aliphatic rings. The topological polar surface area (TPSA) is 47.3 Å². The molecular weight excluding hydrogens is 164 g/mol. The van der Waals surface area contributed by atoms with Crippen molar-refractivity contribution >= 4 is 11.4 Å². The molecule has 0 unspecified atom stereocenters. The molecule has 13 heavy (non-hydrogen) atoms. The Kier molecular flexibility index (Phi) is 1.62. The molecule has 1 aromatic carbocycles. The quantitative estimate of drug-likeness (QED) is 0.596. The molecule has 0 saturated heterocycles. The number of nitrogens with two attached hydrogens (primary N) is 1. The van der Waals surface area contributed by atoms with Crippen LogP contribution in [0, 0.1) is 0 Å². The van der Waals surface area contributed by atoms with Gasteiger partial charge < -0.3 is 15.8 Å². The lowest BCUT2D eigenvalue weighted by atomic mass is 10.1. The molecule has 0 amide bonds. The number of rotatable bonds is 0. The maximum atomic E-state index is 5.79. The summed E-state index contributed by atoms with van der Waals surface area (Å²) < 4.78 is 5.76. The maximum absolute atomic E-state index is 5.79. The minimum Gasteiger partial charge on any atom is -0.484 e. The van der Waals surface area contributed by atoms with Crippen LogP contribution in [0.3, 0.4) is 0 Å². The number of nitrogen functional groups attached to an aromatic ring is 1. The highest BCUT2D eigenvalue weighted by Gasteiger charge is 2.26. The zero-order chi connectivity index (χ0) is 9.47. The van der Waals surface area contributed by atoms with Crippen molar-refractivity contribution in [3.8, 4) is 5.75 Å². The molecule has 1 aliphatic heterocycles. The Bertz CT molecular complexity index is 334. The highest BCUT2D eigenvalue weighted by molar-refractivity contribution is 5.74. The van der Waals surface area contributed by atoms with E-state index in [2.05, 4.69) is 5.32 Å². The summed E-state index contributed by atoms with van der Waals surface area (Å²) in [6, 6.07) is 5.70. The third-order valence-corrected chi connectivity index (χ3v) is 2.14. The van der Waals surface area contributed by atoms with E-state index in [-0.39, 0.29) is 5.60 Å². The zero-order valence-corrected chi connectivity index (χ0v) is 7.92. The minimum atomic E-state index is -0.152. The molecule has 0 bridgehead atoms. The SMILES string of the molecule is CC1(C)CNc2c(N)cccc2O1. The summed E-state index contributed by atoms with van der Waals surface area (Å²) in [5.41, 5.74) is 7.30. The van der Waals surface area contributed by atoms with Crippen molar-refractivity contribution in [2.24, 2.45) is 0 Å². The predicted octanol–water partition coefficient (Wildman–Crippen LogP) is 1.85. The van der Waals surface area contributed by atoms with E-state index in [0.717, 1.165) is 23.7 Å². The van der Waals surface area contributed by atoms with Gasteiger partial charge in [0.1, 0.15) is 17.0 Å². The average Bonchev–Trinajstić information content (AvgIpc) is 2.02. The molecule has 3 heteroatoms. The minimum absolute atomic E-state index is 0.152. The molecule has 3 nitrogen and oxygen atoms in total. The van der Waals surface area contributed by atoms with Crippen LogP contribution in [-0.4, -0.2) is 12.1 Å². The lowest BCUT2D eigenvalue weighted by Crippen LogP contribution is -2.40. The number of fused-ring (bicyclic) bond motifs is 1. The number of benzene rings is 1. The number of ether oxygens (including phenoxy) is 1. The van der Waals surface area contributed by atoms with Gasteiger partial charge in [0.05, 0.1) is 12.2 Å². The Hall–Kier alpha value is -1.38. The van der Waals surface area contributed by atoms with Crippen molar-refractivity contribution in [1.82, 2.24) is 0 Å². The Labute approximate surface area is 77.9 Å². The van der Waals surface area contributed by atoms with Gasteiger partial charge in [0.2, 0.25) is 0 Å². The fourth-order valence-electron chi connectivity index (χ4n) is 1.46. The summed E-state index contributed by atoms with van der Waals surface area (Å²) in [7, 11) is 0. The first-order valence-electron chi connectivity index (χ1n) is 4.40. The van der Waals surface area contributed by atoms with E-state index in [9.17, 15) is 0 Å². The van der Waals surface area contributed by atoms with Crippen LogP contribution >= 0.6 is 0 Å². The van der Waals surface area contributed by atoms with E-state index in [0.29, 0.717) is 0 Å². The van der Waals surface area contributed by atoms with Crippen LogP contribution in [0.25, 0.3) is 0 Å². The lowest BCUT2D eigenvalue weighted by molar-refractivity contribution is 0.116. The molecule has 1 heterocycles. The van der Waals surface area contributed by atoms with Crippen molar-refractivity contribution in [1.29, 1.82) is 0 Å². The largest absolute Gasteiger partial charge is 0.484 e. The third-order valence-electron chi connectivity index (χ3n) is 2.14. The van der Waals surface area contributed by atoms with Crippen molar-refractivity contribution in [3.63, 3.8) is 0 Å². The van der Waals surface area contributed by atoms with Gasteiger partial charge >= 0.3 is 0 Å². The monoisotopic (exact) mass is 178 g/mol. The molecule has 0 radical (unpaired) electrons. The summed E-state index contributed by atoms with van der Waals surface area (Å²) in [4.78, 5) is 0. The van der Waals surface area contributed by atoms with Gasteiger partial charge in [0.25, 0.3) is 0 Å².